The minimum Gasteiger partial charge on any atom is -0.508 e. The molecular formula is C20H19N5O6S3. The van der Waals surface area contributed by atoms with Crippen molar-refractivity contribution in [2.75, 3.05) is 18.6 Å². The number of fused-ring (bicyclic) bond motifs is 1. The zero-order valence-electron chi connectivity index (χ0n) is 17.9. The molecule has 3 N–H and O–H groups in total. The van der Waals surface area contributed by atoms with Crippen LogP contribution >= 0.6 is 34.9 Å². The molecule has 0 aliphatic carbocycles. The highest BCUT2D eigenvalue weighted by Crippen LogP contribution is 2.41. The van der Waals surface area contributed by atoms with Crippen LogP contribution in [0.1, 0.15) is 10.6 Å². The van der Waals surface area contributed by atoms with Crippen molar-refractivity contribution in [3.05, 3.63) is 46.1 Å². The number of aryl methyl sites for hydroxylation is 1. The quantitative estimate of drug-likeness (QED) is 0.201. The molecule has 3 heterocycles. The molecule has 2 atom stereocenters. The number of aromatic hydroxyl groups is 1. The molecule has 4 rings (SSSR count). The molecule has 1 aromatic carbocycles. The molecule has 2 aliphatic rings. The van der Waals surface area contributed by atoms with Gasteiger partial charge in [0.05, 0.1) is 0 Å². The van der Waals surface area contributed by atoms with E-state index in [0.29, 0.717) is 22.6 Å². The average Bonchev–Trinajstić information content (AvgIpc) is 3.23. The number of carbonyl (C=O) groups is 3. The molecule has 2 aliphatic heterocycles. The molecule has 0 saturated carbocycles. The van der Waals surface area contributed by atoms with E-state index in [1.807, 2.05) is 6.92 Å². The summed E-state index contributed by atoms with van der Waals surface area (Å²) < 4.78 is 0.721. The lowest BCUT2D eigenvalue weighted by Gasteiger charge is -2.49. The topological polar surface area (TPSA) is 154 Å². The number of carboxylic acids is 1. The lowest BCUT2D eigenvalue weighted by molar-refractivity contribution is -0.150. The summed E-state index contributed by atoms with van der Waals surface area (Å²) in [6.07, 6.45) is 0. The first kappa shape index (κ1) is 24.0. The lowest BCUT2D eigenvalue weighted by atomic mass is 10.0. The van der Waals surface area contributed by atoms with Gasteiger partial charge in [0.25, 0.3) is 11.8 Å². The molecule has 0 radical (unpaired) electrons. The zero-order valence-corrected chi connectivity index (χ0v) is 20.4. The first-order valence-corrected chi connectivity index (χ1v) is 12.7. The van der Waals surface area contributed by atoms with Crippen LogP contribution < -0.4 is 5.32 Å². The third-order valence-electron chi connectivity index (χ3n) is 4.93. The number of hydrogen-bond donors (Lipinski definition) is 3. The number of nitrogens with zero attached hydrogens (tertiary/aromatic N) is 4. The van der Waals surface area contributed by atoms with Crippen LogP contribution in [0, 0.1) is 6.92 Å². The van der Waals surface area contributed by atoms with Gasteiger partial charge in [0, 0.05) is 17.1 Å². The van der Waals surface area contributed by atoms with Crippen LogP contribution in [-0.2, 0) is 19.2 Å². The molecule has 1 saturated heterocycles. The second kappa shape index (κ2) is 10.0. The zero-order chi connectivity index (χ0) is 24.4. The van der Waals surface area contributed by atoms with Crippen molar-refractivity contribution in [3.8, 4) is 5.75 Å². The Hall–Kier alpha value is -3.10. The molecule has 2 amide bonds. The Bertz CT molecular complexity index is 1210. The third kappa shape index (κ3) is 4.74. The van der Waals surface area contributed by atoms with Crippen molar-refractivity contribution in [2.45, 2.75) is 22.7 Å². The normalized spacial score (nSPS) is 20.0. The second-order valence-electron chi connectivity index (χ2n) is 7.17. The van der Waals surface area contributed by atoms with E-state index in [2.05, 4.69) is 20.7 Å². The number of oxime groups is 1. The highest BCUT2D eigenvalue weighted by atomic mass is 32.2. The summed E-state index contributed by atoms with van der Waals surface area (Å²) in [5.41, 5.74) is 0.721. The third-order valence-corrected chi connectivity index (χ3v) is 8.33. The van der Waals surface area contributed by atoms with Crippen LogP contribution in [-0.4, -0.2) is 78.8 Å². The van der Waals surface area contributed by atoms with E-state index in [9.17, 15) is 24.6 Å². The van der Waals surface area contributed by atoms with Gasteiger partial charge in [0.15, 0.2) is 10.1 Å². The molecular weight excluding hydrogens is 502 g/mol. The number of phenols is 1. The van der Waals surface area contributed by atoms with Gasteiger partial charge >= 0.3 is 5.97 Å². The number of hydrogen-bond acceptors (Lipinski definition) is 11. The number of β-lactam (4-membered cyclic amide) rings is 1. The van der Waals surface area contributed by atoms with Crippen molar-refractivity contribution in [2.24, 2.45) is 5.16 Å². The van der Waals surface area contributed by atoms with Gasteiger partial charge in [0.1, 0.15) is 35.0 Å². The van der Waals surface area contributed by atoms with Crippen molar-refractivity contribution in [1.29, 1.82) is 0 Å². The summed E-state index contributed by atoms with van der Waals surface area (Å²) in [6.45, 7) is 1.83. The van der Waals surface area contributed by atoms with Gasteiger partial charge in [-0.25, -0.2) is 4.79 Å². The Morgan fingerprint density at radius 3 is 2.82 bits per heavy atom. The maximum absolute atomic E-state index is 12.9. The highest BCUT2D eigenvalue weighted by Gasteiger charge is 2.54. The Balaban J connectivity index is 1.49. The number of benzene rings is 1. The van der Waals surface area contributed by atoms with Crippen molar-refractivity contribution in [3.63, 3.8) is 0 Å². The number of carbonyl (C=O) groups excluding carboxylic acids is 2. The summed E-state index contributed by atoms with van der Waals surface area (Å²) in [6, 6.07) is 4.97. The first-order valence-electron chi connectivity index (χ1n) is 9.84. The highest BCUT2D eigenvalue weighted by molar-refractivity contribution is 8.01. The van der Waals surface area contributed by atoms with Gasteiger partial charge in [-0.1, -0.05) is 40.4 Å². The SMILES string of the molecule is CON=C(C(=O)NC1C(=O)N2C(C(=O)O)=C(CSc3nnc(C)s3)CS[C@@H]12)c1cccc(O)c1. The predicted molar refractivity (Wildman–Crippen MR) is 127 cm³/mol. The van der Waals surface area contributed by atoms with E-state index >= 15 is 0 Å². The maximum atomic E-state index is 12.9. The summed E-state index contributed by atoms with van der Waals surface area (Å²) in [7, 11) is 1.27. The number of aliphatic carboxylic acids is 1. The van der Waals surface area contributed by atoms with E-state index in [-0.39, 0.29) is 17.2 Å². The first-order chi connectivity index (χ1) is 16.3. The van der Waals surface area contributed by atoms with Gasteiger partial charge in [-0.15, -0.1) is 22.0 Å². The summed E-state index contributed by atoms with van der Waals surface area (Å²) >= 11 is 4.15. The number of aromatic nitrogens is 2. The molecule has 0 bridgehead atoms. The molecule has 1 aromatic heterocycles. The van der Waals surface area contributed by atoms with Gasteiger partial charge in [-0.2, -0.15) is 0 Å². The van der Waals surface area contributed by atoms with Crippen molar-refractivity contribution < 1.29 is 29.4 Å². The summed E-state index contributed by atoms with van der Waals surface area (Å²) in [5.74, 6) is -1.72. The minimum atomic E-state index is -1.20. The lowest BCUT2D eigenvalue weighted by Crippen LogP contribution is -2.71. The molecule has 1 fully saturated rings. The molecule has 2 aromatic rings. The fourth-order valence-electron chi connectivity index (χ4n) is 3.46. The van der Waals surface area contributed by atoms with Crippen LogP contribution in [0.25, 0.3) is 0 Å². The van der Waals surface area contributed by atoms with Crippen LogP contribution in [0.5, 0.6) is 5.75 Å². The summed E-state index contributed by atoms with van der Waals surface area (Å²) in [4.78, 5) is 43.8. The largest absolute Gasteiger partial charge is 0.508 e. The van der Waals surface area contributed by atoms with Crippen LogP contribution in [0.4, 0.5) is 0 Å². The Morgan fingerprint density at radius 2 is 2.18 bits per heavy atom. The fourth-order valence-corrected chi connectivity index (χ4v) is 6.76. The van der Waals surface area contributed by atoms with E-state index < -0.39 is 29.2 Å². The van der Waals surface area contributed by atoms with E-state index in [1.54, 1.807) is 12.1 Å². The number of rotatable bonds is 8. The Kier molecular flexibility index (Phi) is 7.09. The number of nitrogens with one attached hydrogen (secondary N) is 1. The van der Waals surface area contributed by atoms with Crippen molar-refractivity contribution >= 4 is 58.4 Å². The van der Waals surface area contributed by atoms with Crippen LogP contribution in [0.3, 0.4) is 0 Å². The molecule has 14 heteroatoms. The predicted octanol–water partition coefficient (Wildman–Crippen LogP) is 1.43. The van der Waals surface area contributed by atoms with E-state index in [1.165, 1.54) is 59.0 Å². The summed E-state index contributed by atoms with van der Waals surface area (Å²) in [5, 5.41) is 34.1. The number of amides is 2. The smallest absolute Gasteiger partial charge is 0.352 e. The Labute approximate surface area is 206 Å². The number of phenolic OH excluding ortho intramolecular Hbond substituents is 1. The molecule has 34 heavy (non-hydrogen) atoms. The van der Waals surface area contributed by atoms with Gasteiger partial charge in [-0.05, 0) is 24.6 Å². The number of carboxylic acid groups (broad SMARTS) is 1. The molecule has 178 valence electrons. The maximum Gasteiger partial charge on any atom is 0.352 e. The second-order valence-corrected chi connectivity index (χ2v) is 10.7. The van der Waals surface area contributed by atoms with Crippen molar-refractivity contribution in [1.82, 2.24) is 20.4 Å². The van der Waals surface area contributed by atoms with E-state index in [4.69, 9.17) is 4.84 Å². The number of thioether (sulfide) groups is 2. The average molecular weight is 522 g/mol. The standard InChI is InChI=1S/C20H19N5O6S3/c1-9-22-23-20(34-9)33-8-11-7-32-18-14(17(28)25(18)15(11)19(29)30)21-16(27)13(24-31-2)10-4-3-5-12(26)6-10/h3-6,14,18,26H,7-8H2,1-2H3,(H,21,27)(H,29,30)/t14?,18-/m0/s1. The molecule has 0 spiro atoms. The van der Waals surface area contributed by atoms with Gasteiger partial charge < -0.3 is 20.4 Å². The van der Waals surface area contributed by atoms with Gasteiger partial charge in [0.2, 0.25) is 0 Å². The molecule has 11 nitrogen and oxygen atoms in total. The van der Waals surface area contributed by atoms with E-state index in [0.717, 1.165) is 9.35 Å². The minimum absolute atomic E-state index is 0.0619. The van der Waals surface area contributed by atoms with Crippen LogP contribution in [0.2, 0.25) is 0 Å². The fraction of sp³-hybridized carbons (Fsp3) is 0.300. The monoisotopic (exact) mass is 521 g/mol. The Morgan fingerprint density at radius 1 is 1.38 bits per heavy atom. The molecule has 1 unspecified atom stereocenters. The van der Waals surface area contributed by atoms with Crippen LogP contribution in [0.15, 0.2) is 45.0 Å². The van der Waals surface area contributed by atoms with Gasteiger partial charge in [-0.3, -0.25) is 14.5 Å².